The molecule has 1 aromatic carbocycles. The van der Waals surface area contributed by atoms with Crippen LogP contribution in [0.3, 0.4) is 0 Å². The van der Waals surface area contributed by atoms with Crippen molar-refractivity contribution in [3.8, 4) is 11.5 Å². The largest absolute Gasteiger partial charge is 0.544 e. The van der Waals surface area contributed by atoms with E-state index in [9.17, 15) is 4.79 Å². The summed E-state index contributed by atoms with van der Waals surface area (Å²) in [6.45, 7) is 30.2. The van der Waals surface area contributed by atoms with Crippen molar-refractivity contribution >= 4 is 31.2 Å². The van der Waals surface area contributed by atoms with Gasteiger partial charge >= 0.3 is 0 Å². The first kappa shape index (κ1) is 32.0. The van der Waals surface area contributed by atoms with Crippen LogP contribution < -0.4 is 9.16 Å². The van der Waals surface area contributed by atoms with Crippen LogP contribution in [-0.4, -0.2) is 42.9 Å². The van der Waals surface area contributed by atoms with Gasteiger partial charge in [-0.05, 0) is 113 Å². The number of hydrogen-bond acceptors (Lipinski definition) is 5. The summed E-state index contributed by atoms with van der Waals surface area (Å²) in [5, 5.41) is 0. The molecule has 0 N–H and O–H groups in total. The van der Waals surface area contributed by atoms with Gasteiger partial charge in [-0.25, -0.2) is 0 Å². The van der Waals surface area contributed by atoms with Crippen molar-refractivity contribution in [2.45, 2.75) is 137 Å². The lowest BCUT2D eigenvalue weighted by atomic mass is 9.43. The number of benzene rings is 1. The lowest BCUT2D eigenvalue weighted by Crippen LogP contribution is -2.67. The summed E-state index contributed by atoms with van der Waals surface area (Å²) in [7, 11) is -5.48. The summed E-state index contributed by atoms with van der Waals surface area (Å²) in [6, 6.07) is 2.11. The van der Waals surface area contributed by atoms with Gasteiger partial charge in [0, 0.05) is 17.4 Å². The number of ether oxygens (including phenoxy) is 1. The first-order valence-electron chi connectivity index (χ1n) is 15.5. The minimum absolute atomic E-state index is 0.0146. The van der Waals surface area contributed by atoms with Gasteiger partial charge in [-0.3, -0.25) is 4.79 Å². The Balaban J connectivity index is 1.81. The third-order valence-electron chi connectivity index (χ3n) is 9.96. The van der Waals surface area contributed by atoms with Crippen molar-refractivity contribution in [1.82, 2.24) is 0 Å². The highest BCUT2D eigenvalue weighted by Gasteiger charge is 2.67. The minimum atomic E-state index is -2.02. The van der Waals surface area contributed by atoms with E-state index in [2.05, 4.69) is 92.7 Å². The normalized spacial score (nSPS) is 31.9. The predicted octanol–water partition coefficient (Wildman–Crippen LogP) is 8.83. The van der Waals surface area contributed by atoms with Crippen molar-refractivity contribution in [2.24, 2.45) is 22.7 Å². The van der Waals surface area contributed by atoms with E-state index in [-0.39, 0.29) is 22.5 Å². The molecule has 5 nitrogen and oxygen atoms in total. The number of hydrogen-bond donors (Lipinski definition) is 0. The summed E-state index contributed by atoms with van der Waals surface area (Å²) >= 11 is 0. The maximum absolute atomic E-state index is 12.7. The molecule has 40 heavy (non-hydrogen) atoms. The SMILES string of the molecule is CC1CCC2C(C)(C)C(O[Si](C)(C)C)CCC2(C)C12Cc1c(cc(CO[Si](C)(C)C)c(C=O)c1O[Si](C)(C)C)O2. The fourth-order valence-electron chi connectivity index (χ4n) is 8.13. The van der Waals surface area contributed by atoms with E-state index in [0.717, 1.165) is 54.6 Å². The smallest absolute Gasteiger partial charge is 0.242 e. The van der Waals surface area contributed by atoms with E-state index in [0.29, 0.717) is 24.0 Å². The molecule has 0 bridgehead atoms. The molecule has 8 heteroatoms. The zero-order valence-corrected chi connectivity index (χ0v) is 30.7. The highest BCUT2D eigenvalue weighted by atomic mass is 28.4. The van der Waals surface area contributed by atoms with Crippen LogP contribution in [0, 0.1) is 22.7 Å². The van der Waals surface area contributed by atoms with Gasteiger partial charge in [0.05, 0.1) is 18.3 Å². The van der Waals surface area contributed by atoms with Gasteiger partial charge in [-0.1, -0.05) is 27.7 Å². The second-order valence-electron chi connectivity index (χ2n) is 16.7. The predicted molar refractivity (Wildman–Crippen MR) is 172 cm³/mol. The molecule has 0 aromatic heterocycles. The molecule has 2 saturated carbocycles. The topological polar surface area (TPSA) is 54.0 Å². The Morgan fingerprint density at radius 2 is 1.60 bits per heavy atom. The quantitative estimate of drug-likeness (QED) is 0.219. The monoisotopic (exact) mass is 604 g/mol. The third-order valence-corrected chi connectivity index (χ3v) is 12.8. The van der Waals surface area contributed by atoms with Gasteiger partial charge in [0.25, 0.3) is 0 Å². The zero-order chi connectivity index (χ0) is 30.1. The lowest BCUT2D eigenvalue weighted by Gasteiger charge is -2.65. The third kappa shape index (κ3) is 5.81. The Morgan fingerprint density at radius 3 is 2.15 bits per heavy atom. The first-order chi connectivity index (χ1) is 18.1. The molecular formula is C32H56O5Si3. The van der Waals surface area contributed by atoms with Crippen LogP contribution in [0.25, 0.3) is 0 Å². The van der Waals surface area contributed by atoms with Crippen LogP contribution in [0.1, 0.15) is 74.9 Å². The molecule has 0 amide bonds. The maximum Gasteiger partial charge on any atom is 0.242 e. The highest BCUT2D eigenvalue weighted by Crippen LogP contribution is 2.67. The molecule has 0 saturated heterocycles. The Kier molecular flexibility index (Phi) is 8.28. The number of fused-ring (bicyclic) bond motifs is 3. The molecule has 1 aliphatic heterocycles. The van der Waals surface area contributed by atoms with Crippen LogP contribution in [0.4, 0.5) is 0 Å². The minimum Gasteiger partial charge on any atom is -0.544 e. The average molecular weight is 605 g/mol. The second-order valence-corrected chi connectivity index (χ2v) is 30.1. The van der Waals surface area contributed by atoms with Crippen LogP contribution in [0.2, 0.25) is 58.9 Å². The Bertz CT molecular complexity index is 1130. The van der Waals surface area contributed by atoms with E-state index < -0.39 is 25.0 Å². The Morgan fingerprint density at radius 1 is 0.950 bits per heavy atom. The fraction of sp³-hybridized carbons (Fsp3) is 0.781. The van der Waals surface area contributed by atoms with E-state index in [4.69, 9.17) is 18.0 Å². The van der Waals surface area contributed by atoms with E-state index in [1.54, 1.807) is 0 Å². The van der Waals surface area contributed by atoms with Crippen molar-refractivity contribution in [2.75, 3.05) is 0 Å². The number of aldehydes is 1. The standard InChI is InChI=1S/C32H56O5Si3/c1-22-14-15-27-30(2,3)28(36-39(8,9)10)16-17-31(27,4)32(22)19-24-26(35-32)18-23(21-34-38(5,6)7)25(20-33)29(24)37-40(11,12)13/h18,20,22,27-28H,14-17,19,21H2,1-13H3. The van der Waals surface area contributed by atoms with Crippen molar-refractivity contribution in [3.05, 3.63) is 22.8 Å². The first-order valence-corrected chi connectivity index (χ1v) is 25.7. The summed E-state index contributed by atoms with van der Waals surface area (Å²) in [6.07, 6.45) is 6.54. The summed E-state index contributed by atoms with van der Waals surface area (Å²) in [5.41, 5.74) is 2.33. The van der Waals surface area contributed by atoms with Crippen molar-refractivity contribution in [3.63, 3.8) is 0 Å². The van der Waals surface area contributed by atoms with Gasteiger partial charge in [0.2, 0.25) is 8.32 Å². The number of rotatable bonds is 8. The van der Waals surface area contributed by atoms with Crippen LogP contribution in [0.5, 0.6) is 11.5 Å². The van der Waals surface area contributed by atoms with Gasteiger partial charge in [-0.15, -0.1) is 0 Å². The molecule has 5 unspecified atom stereocenters. The molecule has 1 spiro atoms. The van der Waals surface area contributed by atoms with Gasteiger partial charge in [0.1, 0.15) is 17.1 Å². The molecule has 1 aromatic rings. The zero-order valence-electron chi connectivity index (χ0n) is 27.7. The van der Waals surface area contributed by atoms with E-state index in [1.807, 2.05) is 0 Å². The summed E-state index contributed by atoms with van der Waals surface area (Å²) < 4.78 is 27.2. The molecule has 1 heterocycles. The molecule has 2 fully saturated rings. The van der Waals surface area contributed by atoms with Crippen LogP contribution >= 0.6 is 0 Å². The number of carbonyl (C=O) groups is 1. The van der Waals surface area contributed by atoms with Gasteiger partial charge < -0.3 is 18.0 Å². The molecule has 4 rings (SSSR count). The lowest BCUT2D eigenvalue weighted by molar-refractivity contribution is -0.207. The molecule has 2 aliphatic carbocycles. The average Bonchev–Trinajstić information content (AvgIpc) is 3.17. The Hall–Kier alpha value is -0.939. The Labute approximate surface area is 247 Å². The maximum atomic E-state index is 12.7. The molecule has 226 valence electrons. The van der Waals surface area contributed by atoms with Crippen LogP contribution in [0.15, 0.2) is 6.07 Å². The van der Waals surface area contributed by atoms with Crippen LogP contribution in [-0.2, 0) is 21.9 Å². The number of carbonyl (C=O) groups excluding carboxylic acids is 1. The van der Waals surface area contributed by atoms with E-state index in [1.165, 1.54) is 6.42 Å². The van der Waals surface area contributed by atoms with Gasteiger partial charge in [-0.2, -0.15) is 0 Å². The van der Waals surface area contributed by atoms with Crippen molar-refractivity contribution < 1.29 is 22.8 Å². The second kappa shape index (κ2) is 10.4. The van der Waals surface area contributed by atoms with Gasteiger partial charge in [0.15, 0.2) is 22.9 Å². The molecule has 0 radical (unpaired) electrons. The van der Waals surface area contributed by atoms with Crippen molar-refractivity contribution in [1.29, 1.82) is 0 Å². The summed E-state index contributed by atoms with van der Waals surface area (Å²) in [4.78, 5) is 12.7. The highest BCUT2D eigenvalue weighted by molar-refractivity contribution is 6.70. The molecule has 5 atom stereocenters. The molecule has 3 aliphatic rings. The fourth-order valence-corrected chi connectivity index (χ4v) is 10.8. The van der Waals surface area contributed by atoms with E-state index >= 15 is 0 Å². The summed E-state index contributed by atoms with van der Waals surface area (Å²) in [5.74, 6) is 2.54. The molecular weight excluding hydrogens is 549 g/mol.